The normalized spacial score (nSPS) is 10.3. The molecule has 20 heavy (non-hydrogen) atoms. The lowest BCUT2D eigenvalue weighted by atomic mass is 10.2. The van der Waals surface area contributed by atoms with Gasteiger partial charge >= 0.3 is 0 Å². The Balaban J connectivity index is 1.71. The Kier molecular flexibility index (Phi) is 5.71. The van der Waals surface area contributed by atoms with E-state index in [4.69, 9.17) is 26.8 Å². The van der Waals surface area contributed by atoms with Crippen LogP contribution in [0.4, 0.5) is 0 Å². The summed E-state index contributed by atoms with van der Waals surface area (Å²) in [6.07, 6.45) is 0.797. The van der Waals surface area contributed by atoms with Gasteiger partial charge < -0.3 is 15.2 Å². The fraction of sp³-hybridized carbons (Fsp3) is 0.250. The Morgan fingerprint density at radius 3 is 2.55 bits per heavy atom. The molecule has 0 amide bonds. The number of rotatable bonds is 7. The Morgan fingerprint density at radius 1 is 0.950 bits per heavy atom. The van der Waals surface area contributed by atoms with E-state index in [0.717, 1.165) is 23.5 Å². The summed E-state index contributed by atoms with van der Waals surface area (Å²) in [6.45, 7) is 1.66. The van der Waals surface area contributed by atoms with Gasteiger partial charge in [0, 0.05) is 23.6 Å². The number of benzene rings is 2. The fourth-order valence-electron chi connectivity index (χ4n) is 1.80. The van der Waals surface area contributed by atoms with E-state index in [2.05, 4.69) is 0 Å². The zero-order chi connectivity index (χ0) is 14.2. The summed E-state index contributed by atoms with van der Waals surface area (Å²) in [6, 6.07) is 15.2. The molecule has 0 atom stereocenters. The third kappa shape index (κ3) is 4.44. The van der Waals surface area contributed by atoms with Crippen molar-refractivity contribution in [2.45, 2.75) is 13.0 Å². The van der Waals surface area contributed by atoms with E-state index >= 15 is 0 Å². The maximum atomic E-state index is 5.88. The van der Waals surface area contributed by atoms with Crippen LogP contribution in [0.3, 0.4) is 0 Å². The van der Waals surface area contributed by atoms with Gasteiger partial charge in [0.2, 0.25) is 0 Å². The summed E-state index contributed by atoms with van der Waals surface area (Å²) in [4.78, 5) is 0. The van der Waals surface area contributed by atoms with Crippen molar-refractivity contribution in [3.8, 4) is 11.5 Å². The highest BCUT2D eigenvalue weighted by atomic mass is 35.5. The molecule has 0 fully saturated rings. The molecule has 2 rings (SSSR count). The predicted octanol–water partition coefficient (Wildman–Crippen LogP) is 3.65. The molecule has 0 radical (unpaired) electrons. The molecule has 0 aliphatic rings. The molecule has 3 nitrogen and oxygen atoms in total. The third-order valence-electron chi connectivity index (χ3n) is 2.80. The van der Waals surface area contributed by atoms with Crippen molar-refractivity contribution in [3.05, 3.63) is 59.1 Å². The van der Waals surface area contributed by atoms with Gasteiger partial charge in [-0.1, -0.05) is 35.9 Å². The van der Waals surface area contributed by atoms with Gasteiger partial charge in [-0.3, -0.25) is 0 Å². The molecule has 0 aliphatic carbocycles. The first kappa shape index (κ1) is 14.7. The molecule has 2 N–H and O–H groups in total. The summed E-state index contributed by atoms with van der Waals surface area (Å²) in [7, 11) is 0. The van der Waals surface area contributed by atoms with Crippen LogP contribution in [0, 0.1) is 0 Å². The molecule has 4 heteroatoms. The first-order valence-corrected chi connectivity index (χ1v) is 6.96. The van der Waals surface area contributed by atoms with Crippen molar-refractivity contribution in [3.63, 3.8) is 0 Å². The van der Waals surface area contributed by atoms with E-state index in [-0.39, 0.29) is 0 Å². The van der Waals surface area contributed by atoms with Crippen molar-refractivity contribution < 1.29 is 9.47 Å². The quantitative estimate of drug-likeness (QED) is 0.792. The van der Waals surface area contributed by atoms with E-state index in [1.54, 1.807) is 6.07 Å². The van der Waals surface area contributed by atoms with Gasteiger partial charge in [0.05, 0.1) is 13.2 Å². The minimum Gasteiger partial charge on any atom is -0.493 e. The smallest absolute Gasteiger partial charge is 0.123 e. The molecule has 2 aromatic rings. The van der Waals surface area contributed by atoms with Gasteiger partial charge in [-0.2, -0.15) is 0 Å². The van der Waals surface area contributed by atoms with Gasteiger partial charge in [-0.05, 0) is 24.3 Å². The third-order valence-corrected chi connectivity index (χ3v) is 3.04. The molecule has 0 spiro atoms. The molecule has 2 aromatic carbocycles. The average molecular weight is 292 g/mol. The van der Waals surface area contributed by atoms with Gasteiger partial charge in [0.25, 0.3) is 0 Å². The van der Waals surface area contributed by atoms with E-state index < -0.39 is 0 Å². The standard InChI is InChI=1S/C16H18ClNO2/c17-14-6-3-7-15(11-14)19-9-4-10-20-16-8-2-1-5-13(16)12-18/h1-3,5-8,11H,4,9-10,12,18H2. The summed E-state index contributed by atoms with van der Waals surface area (Å²) in [5, 5.41) is 0.677. The van der Waals surface area contributed by atoms with Crippen molar-refractivity contribution in [2.24, 2.45) is 5.73 Å². The van der Waals surface area contributed by atoms with Gasteiger partial charge in [-0.15, -0.1) is 0 Å². The summed E-state index contributed by atoms with van der Waals surface area (Å²) < 4.78 is 11.3. The first-order valence-electron chi connectivity index (χ1n) is 6.59. The van der Waals surface area contributed by atoms with Crippen molar-refractivity contribution in [1.82, 2.24) is 0 Å². The summed E-state index contributed by atoms with van der Waals surface area (Å²) >= 11 is 5.88. The number of hydrogen-bond acceptors (Lipinski definition) is 3. The number of ether oxygens (including phenoxy) is 2. The van der Waals surface area contributed by atoms with Crippen LogP contribution in [0.25, 0.3) is 0 Å². The Morgan fingerprint density at radius 2 is 1.75 bits per heavy atom. The van der Waals surface area contributed by atoms with Crippen LogP contribution in [-0.2, 0) is 6.54 Å². The first-order chi connectivity index (χ1) is 9.79. The lowest BCUT2D eigenvalue weighted by Gasteiger charge is -2.10. The Bertz CT molecular complexity index is 546. The highest BCUT2D eigenvalue weighted by Crippen LogP contribution is 2.18. The van der Waals surface area contributed by atoms with Gasteiger partial charge in [-0.25, -0.2) is 0 Å². The number of nitrogens with two attached hydrogens (primary N) is 1. The van der Waals surface area contributed by atoms with Gasteiger partial charge in [0.15, 0.2) is 0 Å². The molecule has 0 heterocycles. The predicted molar refractivity (Wildman–Crippen MR) is 81.4 cm³/mol. The summed E-state index contributed by atoms with van der Waals surface area (Å²) in [5.41, 5.74) is 6.67. The molecule has 0 bridgehead atoms. The lowest BCUT2D eigenvalue weighted by Crippen LogP contribution is -2.07. The van der Waals surface area contributed by atoms with Crippen molar-refractivity contribution >= 4 is 11.6 Å². The largest absolute Gasteiger partial charge is 0.493 e. The Labute approximate surface area is 124 Å². The van der Waals surface area contributed by atoms with Crippen LogP contribution in [-0.4, -0.2) is 13.2 Å². The molecular formula is C16H18ClNO2. The van der Waals surface area contributed by atoms with Crippen LogP contribution in [0.15, 0.2) is 48.5 Å². The van der Waals surface area contributed by atoms with Crippen LogP contribution in [0.2, 0.25) is 5.02 Å². The maximum Gasteiger partial charge on any atom is 0.123 e. The van der Waals surface area contributed by atoms with E-state index in [0.29, 0.717) is 24.8 Å². The second kappa shape index (κ2) is 7.78. The second-order valence-corrected chi connectivity index (χ2v) is 4.76. The zero-order valence-corrected chi connectivity index (χ0v) is 12.0. The topological polar surface area (TPSA) is 44.5 Å². The number of halogens is 1. The van der Waals surface area contributed by atoms with E-state index in [1.165, 1.54) is 0 Å². The average Bonchev–Trinajstić information content (AvgIpc) is 2.47. The molecular weight excluding hydrogens is 274 g/mol. The highest BCUT2D eigenvalue weighted by molar-refractivity contribution is 6.30. The Hall–Kier alpha value is -1.71. The fourth-order valence-corrected chi connectivity index (χ4v) is 1.98. The molecule has 0 saturated heterocycles. The molecule has 0 saturated carbocycles. The monoisotopic (exact) mass is 291 g/mol. The van der Waals surface area contributed by atoms with Crippen LogP contribution in [0.1, 0.15) is 12.0 Å². The van der Waals surface area contributed by atoms with Crippen molar-refractivity contribution in [1.29, 1.82) is 0 Å². The van der Waals surface area contributed by atoms with Crippen LogP contribution < -0.4 is 15.2 Å². The second-order valence-electron chi connectivity index (χ2n) is 4.32. The minimum absolute atomic E-state index is 0.481. The summed E-state index contributed by atoms with van der Waals surface area (Å²) in [5.74, 6) is 1.62. The lowest BCUT2D eigenvalue weighted by molar-refractivity contribution is 0.246. The van der Waals surface area contributed by atoms with Crippen LogP contribution >= 0.6 is 11.6 Å². The number of para-hydroxylation sites is 1. The zero-order valence-electron chi connectivity index (χ0n) is 11.2. The van der Waals surface area contributed by atoms with Crippen LogP contribution in [0.5, 0.6) is 11.5 Å². The minimum atomic E-state index is 0.481. The van der Waals surface area contributed by atoms with Crippen molar-refractivity contribution in [2.75, 3.05) is 13.2 Å². The SMILES string of the molecule is NCc1ccccc1OCCCOc1cccc(Cl)c1. The van der Waals surface area contributed by atoms with E-state index in [1.807, 2.05) is 42.5 Å². The molecule has 0 aliphatic heterocycles. The van der Waals surface area contributed by atoms with E-state index in [9.17, 15) is 0 Å². The van der Waals surface area contributed by atoms with Gasteiger partial charge in [0.1, 0.15) is 11.5 Å². The molecule has 0 unspecified atom stereocenters. The maximum absolute atomic E-state index is 5.88. The molecule has 106 valence electrons. The number of hydrogen-bond donors (Lipinski definition) is 1. The molecule has 0 aromatic heterocycles. The highest BCUT2D eigenvalue weighted by Gasteiger charge is 2.00.